The van der Waals surface area contributed by atoms with Crippen molar-refractivity contribution >= 4 is 29.1 Å². The molecule has 1 aromatic rings. The first-order valence-electron chi connectivity index (χ1n) is 7.03. The molecule has 0 saturated heterocycles. The van der Waals surface area contributed by atoms with Gasteiger partial charge in [0.05, 0.1) is 0 Å². The highest BCUT2D eigenvalue weighted by Crippen LogP contribution is 2.30. The minimum Gasteiger partial charge on any atom is -0.356 e. The van der Waals surface area contributed by atoms with Crippen LogP contribution in [0.3, 0.4) is 0 Å². The second kappa shape index (κ2) is 7.30. The van der Waals surface area contributed by atoms with Crippen molar-refractivity contribution in [2.24, 2.45) is 17.6 Å². The molecular weight excluding hydrogens is 295 g/mol. The Labute approximate surface area is 129 Å². The number of rotatable bonds is 5. The number of halogens is 2. The van der Waals surface area contributed by atoms with Crippen molar-refractivity contribution in [2.45, 2.75) is 25.7 Å². The van der Waals surface area contributed by atoms with Crippen LogP contribution >= 0.6 is 23.2 Å². The number of benzene rings is 1. The molecule has 1 aliphatic carbocycles. The number of carbonyl (C=O) groups excluding carboxylic acids is 1. The minimum atomic E-state index is 0.0840. The summed E-state index contributed by atoms with van der Waals surface area (Å²) in [6.45, 7) is 1.19. The van der Waals surface area contributed by atoms with Crippen LogP contribution in [0, 0.1) is 11.8 Å². The Bertz CT molecular complexity index is 479. The summed E-state index contributed by atoms with van der Waals surface area (Å²) in [7, 11) is 0. The van der Waals surface area contributed by atoms with Crippen molar-refractivity contribution in [1.82, 2.24) is 5.32 Å². The summed E-state index contributed by atoms with van der Waals surface area (Å²) >= 11 is 12.0. The molecule has 5 heteroatoms. The summed E-state index contributed by atoms with van der Waals surface area (Å²) in [6, 6.07) is 5.43. The second-order valence-electron chi connectivity index (χ2n) is 5.31. The lowest BCUT2D eigenvalue weighted by atomic mass is 9.95. The van der Waals surface area contributed by atoms with Gasteiger partial charge in [0.25, 0.3) is 0 Å². The van der Waals surface area contributed by atoms with Crippen LogP contribution in [0.15, 0.2) is 18.2 Å². The summed E-state index contributed by atoms with van der Waals surface area (Å²) in [5.41, 5.74) is 6.70. The molecule has 1 saturated carbocycles. The van der Waals surface area contributed by atoms with E-state index in [1.54, 1.807) is 6.07 Å². The van der Waals surface area contributed by atoms with E-state index < -0.39 is 0 Å². The van der Waals surface area contributed by atoms with Crippen LogP contribution in [0.1, 0.15) is 24.8 Å². The molecule has 0 radical (unpaired) electrons. The first-order valence-corrected chi connectivity index (χ1v) is 7.79. The molecule has 2 atom stereocenters. The third-order valence-corrected chi connectivity index (χ3v) is 4.59. The number of amides is 1. The van der Waals surface area contributed by atoms with E-state index in [1.807, 2.05) is 12.1 Å². The lowest BCUT2D eigenvalue weighted by Crippen LogP contribution is -2.36. The Morgan fingerprint density at radius 1 is 1.35 bits per heavy atom. The van der Waals surface area contributed by atoms with E-state index in [4.69, 9.17) is 28.9 Å². The third kappa shape index (κ3) is 3.87. The van der Waals surface area contributed by atoms with E-state index in [0.717, 1.165) is 24.8 Å². The van der Waals surface area contributed by atoms with Crippen molar-refractivity contribution in [3.05, 3.63) is 33.8 Å². The van der Waals surface area contributed by atoms with Crippen LogP contribution in [0.4, 0.5) is 0 Å². The summed E-state index contributed by atoms with van der Waals surface area (Å²) in [5, 5.41) is 4.26. The lowest BCUT2D eigenvalue weighted by Gasteiger charge is -2.17. The fourth-order valence-electron chi connectivity index (χ4n) is 2.84. The van der Waals surface area contributed by atoms with Crippen LogP contribution in [0.2, 0.25) is 10.0 Å². The standard InChI is InChI=1S/C15H20Cl2N2O/c16-12-5-4-10(14(17)8-12)6-7-19-15(20)13-3-1-2-11(13)9-18/h4-5,8,11,13H,1-3,6-7,9,18H2,(H,19,20)/t11-,13-/m1/s1. The highest BCUT2D eigenvalue weighted by Gasteiger charge is 2.31. The maximum atomic E-state index is 12.1. The highest BCUT2D eigenvalue weighted by molar-refractivity contribution is 6.35. The molecule has 3 N–H and O–H groups in total. The summed E-state index contributed by atoms with van der Waals surface area (Å²) in [5.74, 6) is 0.554. The maximum absolute atomic E-state index is 12.1. The van der Waals surface area contributed by atoms with E-state index in [2.05, 4.69) is 5.32 Å². The van der Waals surface area contributed by atoms with Gasteiger partial charge < -0.3 is 11.1 Å². The molecule has 0 unspecified atom stereocenters. The van der Waals surface area contributed by atoms with E-state index in [0.29, 0.717) is 35.5 Å². The molecule has 0 bridgehead atoms. The van der Waals surface area contributed by atoms with E-state index in [1.165, 1.54) is 0 Å². The van der Waals surface area contributed by atoms with Gasteiger partial charge >= 0.3 is 0 Å². The SMILES string of the molecule is NC[C@H]1CCC[C@H]1C(=O)NCCc1ccc(Cl)cc1Cl. The van der Waals surface area contributed by atoms with E-state index >= 15 is 0 Å². The first kappa shape index (κ1) is 15.6. The van der Waals surface area contributed by atoms with Crippen molar-refractivity contribution in [3.63, 3.8) is 0 Å². The lowest BCUT2D eigenvalue weighted by molar-refractivity contribution is -0.125. The van der Waals surface area contributed by atoms with E-state index in [9.17, 15) is 4.79 Å². The van der Waals surface area contributed by atoms with Gasteiger partial charge in [0.1, 0.15) is 0 Å². The Morgan fingerprint density at radius 2 is 2.15 bits per heavy atom. The summed E-state index contributed by atoms with van der Waals surface area (Å²) < 4.78 is 0. The molecule has 1 aliphatic rings. The molecule has 0 heterocycles. The van der Waals surface area contributed by atoms with Crippen molar-refractivity contribution in [2.75, 3.05) is 13.1 Å². The van der Waals surface area contributed by atoms with E-state index in [-0.39, 0.29) is 11.8 Å². The van der Waals surface area contributed by atoms with Crippen LogP contribution in [-0.2, 0) is 11.2 Å². The summed E-state index contributed by atoms with van der Waals surface area (Å²) in [6.07, 6.45) is 3.83. The van der Waals surface area contributed by atoms with Crippen molar-refractivity contribution < 1.29 is 4.79 Å². The zero-order valence-electron chi connectivity index (χ0n) is 11.4. The monoisotopic (exact) mass is 314 g/mol. The number of nitrogens with two attached hydrogens (primary N) is 1. The van der Waals surface area contributed by atoms with Crippen molar-refractivity contribution in [1.29, 1.82) is 0 Å². The van der Waals surface area contributed by atoms with Gasteiger partial charge in [-0.2, -0.15) is 0 Å². The Hall–Kier alpha value is -0.770. The van der Waals surface area contributed by atoms with Gasteiger partial charge in [-0.15, -0.1) is 0 Å². The quantitative estimate of drug-likeness (QED) is 0.877. The predicted octanol–water partition coefficient (Wildman–Crippen LogP) is 3.03. The summed E-state index contributed by atoms with van der Waals surface area (Å²) in [4.78, 5) is 12.1. The molecule has 0 aromatic heterocycles. The topological polar surface area (TPSA) is 55.1 Å². The molecule has 3 nitrogen and oxygen atoms in total. The molecule has 0 aliphatic heterocycles. The molecule has 1 aromatic carbocycles. The smallest absolute Gasteiger partial charge is 0.223 e. The number of carbonyl (C=O) groups is 1. The van der Waals surface area contributed by atoms with Gasteiger partial charge in [-0.25, -0.2) is 0 Å². The van der Waals surface area contributed by atoms with Crippen LogP contribution in [0.25, 0.3) is 0 Å². The molecule has 20 heavy (non-hydrogen) atoms. The predicted molar refractivity (Wildman–Crippen MR) is 83.1 cm³/mol. The van der Waals surface area contributed by atoms with Gasteiger partial charge in [-0.3, -0.25) is 4.79 Å². The van der Waals surface area contributed by atoms with Gasteiger partial charge in [-0.05, 0) is 49.4 Å². The molecule has 1 amide bonds. The minimum absolute atomic E-state index is 0.0840. The molecule has 110 valence electrons. The van der Waals surface area contributed by atoms with Crippen LogP contribution in [0.5, 0.6) is 0 Å². The maximum Gasteiger partial charge on any atom is 0.223 e. The zero-order chi connectivity index (χ0) is 14.5. The number of hydrogen-bond donors (Lipinski definition) is 2. The van der Waals surface area contributed by atoms with Gasteiger partial charge in [-0.1, -0.05) is 35.7 Å². The van der Waals surface area contributed by atoms with Crippen LogP contribution in [-0.4, -0.2) is 19.0 Å². The third-order valence-electron chi connectivity index (χ3n) is 4.01. The molecule has 2 rings (SSSR count). The fourth-order valence-corrected chi connectivity index (χ4v) is 3.34. The number of hydrogen-bond acceptors (Lipinski definition) is 2. The van der Waals surface area contributed by atoms with Gasteiger partial charge in [0.15, 0.2) is 0 Å². The highest BCUT2D eigenvalue weighted by atomic mass is 35.5. The van der Waals surface area contributed by atoms with Crippen LogP contribution < -0.4 is 11.1 Å². The number of nitrogens with one attached hydrogen (secondary N) is 1. The first-order chi connectivity index (χ1) is 9.61. The normalized spacial score (nSPS) is 21.9. The largest absolute Gasteiger partial charge is 0.356 e. The molecule has 0 spiro atoms. The van der Waals surface area contributed by atoms with Gasteiger partial charge in [0, 0.05) is 22.5 Å². The van der Waals surface area contributed by atoms with Crippen molar-refractivity contribution in [3.8, 4) is 0 Å². The molecular formula is C15H20Cl2N2O. The Kier molecular flexibility index (Phi) is 5.70. The average molecular weight is 315 g/mol. The Balaban J connectivity index is 1.82. The molecule has 1 fully saturated rings. The average Bonchev–Trinajstić information content (AvgIpc) is 2.89. The zero-order valence-corrected chi connectivity index (χ0v) is 12.9. The van der Waals surface area contributed by atoms with Gasteiger partial charge in [0.2, 0.25) is 5.91 Å². The fraction of sp³-hybridized carbons (Fsp3) is 0.533. The second-order valence-corrected chi connectivity index (χ2v) is 6.15. The Morgan fingerprint density at radius 3 is 2.85 bits per heavy atom.